The molecule has 0 aromatic rings. The summed E-state index contributed by atoms with van der Waals surface area (Å²) >= 11 is 0. The molecule has 0 aromatic carbocycles. The van der Waals surface area contributed by atoms with E-state index < -0.39 is 0 Å². The maximum Gasteiger partial charge on any atom is 0.237 e. The average molecular weight is 370 g/mol. The van der Waals surface area contributed by atoms with Gasteiger partial charge in [0, 0.05) is 30.6 Å². The highest BCUT2D eigenvalue weighted by Crippen LogP contribution is 2.64. The minimum atomic E-state index is -0.246. The van der Waals surface area contributed by atoms with Crippen LogP contribution in [0.2, 0.25) is 0 Å². The summed E-state index contributed by atoms with van der Waals surface area (Å²) in [6.45, 7) is 1.97. The van der Waals surface area contributed by atoms with Gasteiger partial charge in [0.2, 0.25) is 11.8 Å². The Balaban J connectivity index is 1.33. The van der Waals surface area contributed by atoms with Gasteiger partial charge < -0.3 is 15.1 Å². The van der Waals surface area contributed by atoms with Crippen molar-refractivity contribution in [3.05, 3.63) is 0 Å². The van der Waals surface area contributed by atoms with Crippen molar-refractivity contribution in [3.8, 4) is 6.07 Å². The number of nitrogens with one attached hydrogen (secondary N) is 1. The topological polar surface area (TPSA) is 76.4 Å². The zero-order chi connectivity index (χ0) is 18.6. The molecule has 4 aliphatic carbocycles. The molecule has 5 atom stereocenters. The molecule has 2 amide bonds. The maximum absolute atomic E-state index is 12.8. The van der Waals surface area contributed by atoms with E-state index in [-0.39, 0.29) is 23.0 Å². The fraction of sp³-hybridized carbons (Fsp3) is 0.857. The molecule has 27 heavy (non-hydrogen) atoms. The third kappa shape index (κ3) is 2.47. The summed E-state index contributed by atoms with van der Waals surface area (Å²) in [6, 6.07) is 2.03. The number of carbonyl (C=O) groups is 2. The summed E-state index contributed by atoms with van der Waals surface area (Å²) in [5, 5.41) is 13.0. The predicted molar refractivity (Wildman–Crippen MR) is 99.4 cm³/mol. The summed E-state index contributed by atoms with van der Waals surface area (Å²) in [5.74, 6) is 1.65. The molecule has 2 heterocycles. The number of likely N-dealkylation sites (tertiary alicyclic amines) is 2. The van der Waals surface area contributed by atoms with Gasteiger partial charge in [-0.15, -0.1) is 0 Å². The van der Waals surface area contributed by atoms with Gasteiger partial charge in [0.05, 0.1) is 12.6 Å². The van der Waals surface area contributed by atoms with Crippen molar-refractivity contribution in [1.82, 2.24) is 15.1 Å². The van der Waals surface area contributed by atoms with Gasteiger partial charge in [-0.05, 0) is 63.2 Å². The second kappa shape index (κ2) is 6.20. The normalized spacial score (nSPS) is 42.8. The van der Waals surface area contributed by atoms with Crippen LogP contribution in [0.5, 0.6) is 0 Å². The van der Waals surface area contributed by atoms with Crippen LogP contribution in [0.4, 0.5) is 0 Å². The Bertz CT molecular complexity index is 703. The molecule has 4 unspecified atom stereocenters. The number of nitriles is 1. The van der Waals surface area contributed by atoms with Crippen LogP contribution in [0.25, 0.3) is 0 Å². The molecule has 6 heteroatoms. The van der Waals surface area contributed by atoms with E-state index in [0.717, 1.165) is 45.1 Å². The van der Waals surface area contributed by atoms with E-state index in [0.29, 0.717) is 37.3 Å². The smallest absolute Gasteiger partial charge is 0.237 e. The van der Waals surface area contributed by atoms with Crippen molar-refractivity contribution in [2.45, 2.75) is 81.3 Å². The van der Waals surface area contributed by atoms with E-state index in [1.807, 2.05) is 0 Å². The second-order valence-corrected chi connectivity index (χ2v) is 9.54. The first-order chi connectivity index (χ1) is 13.1. The van der Waals surface area contributed by atoms with Crippen molar-refractivity contribution >= 4 is 11.8 Å². The molecule has 2 aliphatic heterocycles. The largest absolute Gasteiger partial charge is 0.337 e. The Hall–Kier alpha value is -1.61. The van der Waals surface area contributed by atoms with Gasteiger partial charge in [-0.1, -0.05) is 6.42 Å². The third-order valence-corrected chi connectivity index (χ3v) is 8.43. The van der Waals surface area contributed by atoms with E-state index in [9.17, 15) is 14.9 Å². The summed E-state index contributed by atoms with van der Waals surface area (Å²) in [5.41, 5.74) is 0.0566. The van der Waals surface area contributed by atoms with Crippen molar-refractivity contribution in [1.29, 1.82) is 5.26 Å². The van der Waals surface area contributed by atoms with Crippen LogP contribution in [-0.4, -0.2) is 58.4 Å². The quantitative estimate of drug-likeness (QED) is 0.819. The minimum absolute atomic E-state index is 0.0154. The SMILES string of the molecule is N#C[C@@H]1CCCN1C(=O)CNC12CC3CC1CCCC3(N1CCCC1=O)C2. The molecule has 0 aromatic heterocycles. The Labute approximate surface area is 161 Å². The number of fused-ring (bicyclic) bond motifs is 2. The van der Waals surface area contributed by atoms with Crippen molar-refractivity contribution in [2.75, 3.05) is 19.6 Å². The molecule has 0 radical (unpaired) electrons. The van der Waals surface area contributed by atoms with Crippen LogP contribution in [0.1, 0.15) is 64.2 Å². The molecule has 6 fully saturated rings. The molecule has 4 bridgehead atoms. The van der Waals surface area contributed by atoms with Crippen LogP contribution in [-0.2, 0) is 9.59 Å². The molecule has 0 spiro atoms. The van der Waals surface area contributed by atoms with E-state index in [2.05, 4.69) is 16.3 Å². The lowest BCUT2D eigenvalue weighted by Gasteiger charge is -2.47. The number of hydrogen-bond donors (Lipinski definition) is 1. The lowest BCUT2D eigenvalue weighted by atomic mass is 9.74. The number of amides is 2. The number of nitrogens with zero attached hydrogens (tertiary/aromatic N) is 3. The number of carbonyl (C=O) groups excluding carboxylic acids is 2. The Kier molecular flexibility index (Phi) is 4.02. The van der Waals surface area contributed by atoms with Crippen LogP contribution < -0.4 is 5.32 Å². The minimum Gasteiger partial charge on any atom is -0.337 e. The molecule has 6 rings (SSSR count). The van der Waals surface area contributed by atoms with Crippen LogP contribution in [0, 0.1) is 23.2 Å². The van der Waals surface area contributed by atoms with Gasteiger partial charge in [0.15, 0.2) is 0 Å². The first kappa shape index (κ1) is 17.5. The standard InChI is InChI=1S/C21H30N4O2/c22-12-17-5-2-8-24(17)19(27)13-23-20-11-16-10-15(20)4-1-7-21(16,14-20)25-9-3-6-18(25)26/h15-17,23H,1-11,13-14H2/t15?,16?,17-,20?,21?/m0/s1. The summed E-state index contributed by atoms with van der Waals surface area (Å²) in [7, 11) is 0. The highest BCUT2D eigenvalue weighted by molar-refractivity contribution is 5.80. The Morgan fingerprint density at radius 1 is 1.22 bits per heavy atom. The predicted octanol–water partition coefficient (Wildman–Crippen LogP) is 1.80. The van der Waals surface area contributed by atoms with Crippen LogP contribution >= 0.6 is 0 Å². The Morgan fingerprint density at radius 2 is 2.11 bits per heavy atom. The average Bonchev–Trinajstić information content (AvgIpc) is 3.39. The van der Waals surface area contributed by atoms with Gasteiger partial charge >= 0.3 is 0 Å². The maximum atomic E-state index is 12.8. The van der Waals surface area contributed by atoms with Crippen molar-refractivity contribution in [2.24, 2.45) is 11.8 Å². The van der Waals surface area contributed by atoms with Gasteiger partial charge in [-0.25, -0.2) is 0 Å². The van der Waals surface area contributed by atoms with Crippen molar-refractivity contribution < 1.29 is 9.59 Å². The Morgan fingerprint density at radius 3 is 2.89 bits per heavy atom. The van der Waals surface area contributed by atoms with Gasteiger partial charge in [-0.2, -0.15) is 5.26 Å². The highest BCUT2D eigenvalue weighted by Gasteiger charge is 2.66. The van der Waals surface area contributed by atoms with Crippen LogP contribution in [0.15, 0.2) is 0 Å². The molecule has 4 saturated carbocycles. The highest BCUT2D eigenvalue weighted by atomic mass is 16.2. The molecule has 6 nitrogen and oxygen atoms in total. The van der Waals surface area contributed by atoms with Gasteiger partial charge in [-0.3, -0.25) is 9.59 Å². The van der Waals surface area contributed by atoms with E-state index in [1.54, 1.807) is 4.90 Å². The van der Waals surface area contributed by atoms with E-state index >= 15 is 0 Å². The molecule has 146 valence electrons. The fourth-order valence-electron chi connectivity index (χ4n) is 7.32. The molecule has 2 saturated heterocycles. The molecule has 1 N–H and O–H groups in total. The summed E-state index contributed by atoms with van der Waals surface area (Å²) < 4.78 is 0. The monoisotopic (exact) mass is 370 g/mol. The zero-order valence-corrected chi connectivity index (χ0v) is 16.1. The fourth-order valence-corrected chi connectivity index (χ4v) is 7.32. The lowest BCUT2D eigenvalue weighted by molar-refractivity contribution is -0.136. The first-order valence-corrected chi connectivity index (χ1v) is 10.8. The van der Waals surface area contributed by atoms with Crippen LogP contribution in [0.3, 0.4) is 0 Å². The number of rotatable bonds is 4. The second-order valence-electron chi connectivity index (χ2n) is 9.54. The van der Waals surface area contributed by atoms with E-state index in [1.165, 1.54) is 19.3 Å². The lowest BCUT2D eigenvalue weighted by Crippen LogP contribution is -2.58. The van der Waals surface area contributed by atoms with E-state index in [4.69, 9.17) is 0 Å². The van der Waals surface area contributed by atoms with Crippen molar-refractivity contribution in [3.63, 3.8) is 0 Å². The molecular formula is C21H30N4O2. The van der Waals surface area contributed by atoms with Gasteiger partial charge in [0.25, 0.3) is 0 Å². The molecular weight excluding hydrogens is 340 g/mol. The van der Waals surface area contributed by atoms with Gasteiger partial charge in [0.1, 0.15) is 6.04 Å². The summed E-state index contributed by atoms with van der Waals surface area (Å²) in [4.78, 5) is 29.3. The zero-order valence-electron chi connectivity index (χ0n) is 16.1. The first-order valence-electron chi connectivity index (χ1n) is 10.8. The summed E-state index contributed by atoms with van der Waals surface area (Å²) in [6.07, 6.45) is 10.3. The molecule has 6 aliphatic rings. The third-order valence-electron chi connectivity index (χ3n) is 8.43. The number of hydrogen-bond acceptors (Lipinski definition) is 4.